The lowest BCUT2D eigenvalue weighted by Gasteiger charge is -2.32. The number of hydrogen-bond acceptors (Lipinski definition) is 2. The normalized spacial score (nSPS) is 28.8. The third-order valence-corrected chi connectivity index (χ3v) is 5.73. The van der Waals surface area contributed by atoms with Gasteiger partial charge in [-0.05, 0) is 31.2 Å². The smallest absolute Gasteiger partial charge is 0.319 e. The summed E-state index contributed by atoms with van der Waals surface area (Å²) in [6.07, 6.45) is 8.70. The summed E-state index contributed by atoms with van der Waals surface area (Å²) >= 11 is 0. The molecule has 1 aromatic rings. The van der Waals surface area contributed by atoms with Gasteiger partial charge in [-0.25, -0.2) is 4.79 Å². The van der Waals surface area contributed by atoms with E-state index in [2.05, 4.69) is 39.4 Å². The number of amides is 2. The second-order valence-corrected chi connectivity index (χ2v) is 7.26. The lowest BCUT2D eigenvalue weighted by Crippen LogP contribution is -2.46. The summed E-state index contributed by atoms with van der Waals surface area (Å²) in [5.74, 6) is 0. The molecule has 1 saturated carbocycles. The lowest BCUT2D eigenvalue weighted by atomic mass is 9.96. The third kappa shape index (κ3) is 2.97. The highest BCUT2D eigenvalue weighted by molar-refractivity contribution is 5.75. The van der Waals surface area contributed by atoms with E-state index in [4.69, 9.17) is 0 Å². The van der Waals surface area contributed by atoms with Crippen LogP contribution in [0, 0.1) is 0 Å². The van der Waals surface area contributed by atoms with Gasteiger partial charge in [0.05, 0.1) is 0 Å². The van der Waals surface area contributed by atoms with Gasteiger partial charge in [-0.15, -0.1) is 0 Å². The van der Waals surface area contributed by atoms with Crippen molar-refractivity contribution >= 4 is 6.03 Å². The predicted molar refractivity (Wildman–Crippen MR) is 91.0 cm³/mol. The molecule has 0 spiro atoms. The van der Waals surface area contributed by atoms with E-state index in [0.717, 1.165) is 25.9 Å². The van der Waals surface area contributed by atoms with Crippen LogP contribution in [0.3, 0.4) is 0 Å². The fraction of sp³-hybridized carbons (Fsp3) is 0.632. The van der Waals surface area contributed by atoms with E-state index in [1.807, 2.05) is 6.07 Å². The summed E-state index contributed by atoms with van der Waals surface area (Å²) in [4.78, 5) is 17.5. The van der Waals surface area contributed by atoms with E-state index in [-0.39, 0.29) is 12.2 Å². The Labute approximate surface area is 138 Å². The molecule has 2 unspecified atom stereocenters. The van der Waals surface area contributed by atoms with Crippen molar-refractivity contribution < 1.29 is 4.79 Å². The molecule has 4 nitrogen and oxygen atoms in total. The van der Waals surface area contributed by atoms with Crippen LogP contribution in [0.25, 0.3) is 0 Å². The van der Waals surface area contributed by atoms with Crippen LogP contribution in [0.1, 0.15) is 56.7 Å². The van der Waals surface area contributed by atoms with E-state index < -0.39 is 0 Å². The molecule has 0 radical (unpaired) electrons. The highest BCUT2D eigenvalue weighted by Gasteiger charge is 2.44. The quantitative estimate of drug-likeness (QED) is 0.907. The Morgan fingerprint density at radius 3 is 2.57 bits per heavy atom. The van der Waals surface area contributed by atoms with E-state index >= 15 is 0 Å². The molecule has 3 aliphatic rings. The Kier molecular flexibility index (Phi) is 4.25. The van der Waals surface area contributed by atoms with Crippen molar-refractivity contribution in [1.29, 1.82) is 0 Å². The molecule has 23 heavy (non-hydrogen) atoms. The number of carbonyl (C=O) groups excluding carboxylic acids is 1. The number of fused-ring (bicyclic) bond motifs is 1. The van der Waals surface area contributed by atoms with Gasteiger partial charge in [0.15, 0.2) is 0 Å². The van der Waals surface area contributed by atoms with Crippen LogP contribution in [-0.2, 0) is 0 Å². The van der Waals surface area contributed by atoms with Gasteiger partial charge >= 0.3 is 6.03 Å². The molecule has 2 saturated heterocycles. The summed E-state index contributed by atoms with van der Waals surface area (Å²) < 4.78 is 0. The minimum absolute atomic E-state index is 0.118. The van der Waals surface area contributed by atoms with E-state index in [1.165, 1.54) is 37.7 Å². The molecule has 4 heteroatoms. The van der Waals surface area contributed by atoms with Crippen LogP contribution in [-0.4, -0.2) is 41.0 Å². The van der Waals surface area contributed by atoms with Gasteiger partial charge in [-0.2, -0.15) is 0 Å². The summed E-state index contributed by atoms with van der Waals surface area (Å²) in [6, 6.07) is 11.6. The number of rotatable bonds is 2. The second kappa shape index (κ2) is 6.52. The first-order valence-corrected chi connectivity index (χ1v) is 9.21. The van der Waals surface area contributed by atoms with Gasteiger partial charge in [0.2, 0.25) is 0 Å². The summed E-state index contributed by atoms with van der Waals surface area (Å²) in [6.45, 7) is 1.98. The highest BCUT2D eigenvalue weighted by Crippen LogP contribution is 2.38. The fourth-order valence-electron chi connectivity index (χ4n) is 4.58. The Hall–Kier alpha value is -1.55. The molecular formula is C19H27N3O. The number of hydrogen-bond donors (Lipinski definition) is 1. The van der Waals surface area contributed by atoms with Crippen LogP contribution in [0.15, 0.2) is 30.3 Å². The number of nitrogens with zero attached hydrogens (tertiary/aromatic N) is 2. The average molecular weight is 313 g/mol. The maximum absolute atomic E-state index is 12.9. The minimum Gasteiger partial charge on any atom is -0.335 e. The standard InChI is InChI=1S/C19H27N3O/c23-19(20-16-10-5-2-6-11-16)22-14-17-12-7-13-21(17)18(22)15-8-3-1-4-9-15/h1,3-4,8-9,16-18H,2,5-7,10-14H2,(H,20,23). The summed E-state index contributed by atoms with van der Waals surface area (Å²) in [7, 11) is 0. The predicted octanol–water partition coefficient (Wildman–Crippen LogP) is 3.51. The molecule has 0 aromatic heterocycles. The number of nitrogens with one attached hydrogen (secondary N) is 1. The summed E-state index contributed by atoms with van der Waals surface area (Å²) in [5, 5.41) is 3.31. The van der Waals surface area contributed by atoms with E-state index in [1.54, 1.807) is 0 Å². The zero-order valence-corrected chi connectivity index (χ0v) is 13.8. The molecule has 1 aliphatic carbocycles. The van der Waals surface area contributed by atoms with Gasteiger partial charge in [0, 0.05) is 25.2 Å². The van der Waals surface area contributed by atoms with Crippen LogP contribution < -0.4 is 5.32 Å². The lowest BCUT2D eigenvalue weighted by molar-refractivity contribution is 0.141. The molecule has 2 aliphatic heterocycles. The fourth-order valence-corrected chi connectivity index (χ4v) is 4.58. The largest absolute Gasteiger partial charge is 0.335 e. The topological polar surface area (TPSA) is 35.6 Å². The van der Waals surface area contributed by atoms with Gasteiger partial charge in [0.25, 0.3) is 0 Å². The van der Waals surface area contributed by atoms with Crippen molar-refractivity contribution in [3.8, 4) is 0 Å². The third-order valence-electron chi connectivity index (χ3n) is 5.73. The first kappa shape index (κ1) is 15.0. The van der Waals surface area contributed by atoms with Crippen molar-refractivity contribution in [2.24, 2.45) is 0 Å². The Morgan fingerprint density at radius 2 is 1.78 bits per heavy atom. The van der Waals surface area contributed by atoms with Gasteiger partial charge in [-0.1, -0.05) is 49.6 Å². The maximum Gasteiger partial charge on any atom is 0.319 e. The number of carbonyl (C=O) groups is 1. The molecule has 2 amide bonds. The Balaban J connectivity index is 1.52. The molecule has 2 heterocycles. The van der Waals surface area contributed by atoms with E-state index in [9.17, 15) is 4.79 Å². The van der Waals surface area contributed by atoms with Crippen molar-refractivity contribution in [1.82, 2.24) is 15.1 Å². The van der Waals surface area contributed by atoms with Crippen LogP contribution >= 0.6 is 0 Å². The Morgan fingerprint density at radius 1 is 1.00 bits per heavy atom. The molecule has 1 N–H and O–H groups in total. The monoisotopic (exact) mass is 313 g/mol. The second-order valence-electron chi connectivity index (χ2n) is 7.26. The molecule has 4 rings (SSSR count). The van der Waals surface area contributed by atoms with Gasteiger partial charge in [0.1, 0.15) is 6.17 Å². The number of urea groups is 1. The molecule has 2 atom stereocenters. The van der Waals surface area contributed by atoms with Crippen LogP contribution in [0.2, 0.25) is 0 Å². The van der Waals surface area contributed by atoms with Crippen molar-refractivity contribution in [2.75, 3.05) is 13.1 Å². The van der Waals surface area contributed by atoms with E-state index in [0.29, 0.717) is 12.1 Å². The summed E-state index contributed by atoms with van der Waals surface area (Å²) in [5.41, 5.74) is 1.25. The Bertz CT molecular complexity index is 541. The number of benzene rings is 1. The average Bonchev–Trinajstić information content (AvgIpc) is 3.17. The van der Waals surface area contributed by atoms with Gasteiger partial charge < -0.3 is 10.2 Å². The van der Waals surface area contributed by atoms with Crippen LogP contribution in [0.4, 0.5) is 4.79 Å². The molecule has 3 fully saturated rings. The SMILES string of the molecule is O=C(NC1CCCCC1)N1CC2CCCN2C1c1ccccc1. The molecule has 124 valence electrons. The van der Waals surface area contributed by atoms with Crippen molar-refractivity contribution in [2.45, 2.75) is 63.2 Å². The molecular weight excluding hydrogens is 286 g/mol. The van der Waals surface area contributed by atoms with Crippen molar-refractivity contribution in [3.05, 3.63) is 35.9 Å². The maximum atomic E-state index is 12.9. The first-order valence-electron chi connectivity index (χ1n) is 9.21. The van der Waals surface area contributed by atoms with Crippen LogP contribution in [0.5, 0.6) is 0 Å². The molecule has 0 bridgehead atoms. The minimum atomic E-state index is 0.118. The zero-order valence-electron chi connectivity index (χ0n) is 13.8. The molecule has 1 aromatic carbocycles. The first-order chi connectivity index (χ1) is 11.3. The van der Waals surface area contributed by atoms with Crippen molar-refractivity contribution in [3.63, 3.8) is 0 Å². The highest BCUT2D eigenvalue weighted by atomic mass is 16.2. The van der Waals surface area contributed by atoms with Gasteiger partial charge in [-0.3, -0.25) is 4.90 Å². The zero-order chi connectivity index (χ0) is 15.6.